The summed E-state index contributed by atoms with van der Waals surface area (Å²) in [4.78, 5) is 0. The van der Waals surface area contributed by atoms with Gasteiger partial charge in [-0.15, -0.1) is 0 Å². The van der Waals surface area contributed by atoms with Gasteiger partial charge in [0, 0.05) is 25.3 Å². The Labute approximate surface area is 120 Å². The van der Waals surface area contributed by atoms with E-state index >= 15 is 0 Å². The van der Waals surface area contributed by atoms with Gasteiger partial charge in [0.25, 0.3) is 0 Å². The van der Waals surface area contributed by atoms with Gasteiger partial charge in [-0.1, -0.05) is 18.2 Å². The molecule has 0 unspecified atom stereocenters. The number of hydrogen-bond donors (Lipinski definition) is 1. The van der Waals surface area contributed by atoms with Crippen LogP contribution in [0.2, 0.25) is 0 Å². The second kappa shape index (κ2) is 5.98. The highest BCUT2D eigenvalue weighted by atomic mass is 16.5. The number of ether oxygens (including phenoxy) is 1. The Morgan fingerprint density at radius 3 is 2.90 bits per heavy atom. The number of nitrogens with zero attached hydrogens (tertiary/aromatic N) is 1. The Kier molecular flexibility index (Phi) is 4.08. The standard InChI is InChI=1S/C17H24N2O/c1-13(2)20-11-10-19-9-8-14-4-3-5-15(17(14)19)12-18-16-6-7-16/h3-5,8-9,13,16,18H,6-7,10-12H2,1-2H3. The molecule has 0 spiro atoms. The van der Waals surface area contributed by atoms with E-state index in [1.54, 1.807) is 0 Å². The summed E-state index contributed by atoms with van der Waals surface area (Å²) < 4.78 is 8.00. The molecule has 0 aliphatic heterocycles. The van der Waals surface area contributed by atoms with Crippen LogP contribution in [0.3, 0.4) is 0 Å². The van der Waals surface area contributed by atoms with Gasteiger partial charge in [-0.25, -0.2) is 0 Å². The summed E-state index contributed by atoms with van der Waals surface area (Å²) in [5, 5.41) is 4.94. The number of aromatic nitrogens is 1. The van der Waals surface area contributed by atoms with Crippen molar-refractivity contribution in [3.8, 4) is 0 Å². The molecule has 1 heterocycles. The second-order valence-electron chi connectivity index (χ2n) is 5.94. The van der Waals surface area contributed by atoms with Crippen molar-refractivity contribution >= 4 is 10.9 Å². The van der Waals surface area contributed by atoms with Gasteiger partial charge in [-0.3, -0.25) is 0 Å². The van der Waals surface area contributed by atoms with Crippen molar-refractivity contribution in [2.45, 2.75) is 51.9 Å². The van der Waals surface area contributed by atoms with Crippen molar-refractivity contribution in [3.05, 3.63) is 36.0 Å². The van der Waals surface area contributed by atoms with Gasteiger partial charge in [0.05, 0.1) is 18.2 Å². The molecule has 1 aromatic carbocycles. The molecule has 0 amide bonds. The molecule has 1 fully saturated rings. The van der Waals surface area contributed by atoms with Gasteiger partial charge < -0.3 is 14.6 Å². The van der Waals surface area contributed by atoms with Crippen LogP contribution in [-0.4, -0.2) is 23.3 Å². The van der Waals surface area contributed by atoms with Crippen molar-refractivity contribution in [2.75, 3.05) is 6.61 Å². The summed E-state index contributed by atoms with van der Waals surface area (Å²) in [6.45, 7) is 6.82. The fourth-order valence-corrected chi connectivity index (χ4v) is 2.60. The summed E-state index contributed by atoms with van der Waals surface area (Å²) in [7, 11) is 0. The quantitative estimate of drug-likeness (QED) is 0.837. The van der Waals surface area contributed by atoms with E-state index in [0.717, 1.165) is 25.7 Å². The lowest BCUT2D eigenvalue weighted by atomic mass is 10.1. The molecular formula is C17H24N2O. The molecule has 3 nitrogen and oxygen atoms in total. The SMILES string of the molecule is CC(C)OCCn1ccc2cccc(CNC3CC3)c21. The predicted molar refractivity (Wildman–Crippen MR) is 82.9 cm³/mol. The second-order valence-corrected chi connectivity index (χ2v) is 5.94. The first-order valence-corrected chi connectivity index (χ1v) is 7.66. The van der Waals surface area contributed by atoms with E-state index in [4.69, 9.17) is 4.74 Å². The summed E-state index contributed by atoms with van der Waals surface area (Å²) >= 11 is 0. The van der Waals surface area contributed by atoms with Crippen LogP contribution < -0.4 is 5.32 Å². The maximum Gasteiger partial charge on any atom is 0.0649 e. The first-order chi connectivity index (χ1) is 9.74. The average molecular weight is 272 g/mol. The topological polar surface area (TPSA) is 26.2 Å². The summed E-state index contributed by atoms with van der Waals surface area (Å²) in [5.74, 6) is 0. The number of nitrogens with one attached hydrogen (secondary N) is 1. The molecule has 1 aliphatic rings. The maximum absolute atomic E-state index is 5.68. The first kappa shape index (κ1) is 13.7. The van der Waals surface area contributed by atoms with Crippen LogP contribution in [0, 0.1) is 0 Å². The van der Waals surface area contributed by atoms with Gasteiger partial charge in [0.15, 0.2) is 0 Å². The highest BCUT2D eigenvalue weighted by Gasteiger charge is 2.20. The number of benzene rings is 1. The fourth-order valence-electron chi connectivity index (χ4n) is 2.60. The van der Waals surface area contributed by atoms with E-state index in [1.165, 1.54) is 29.3 Å². The van der Waals surface area contributed by atoms with Gasteiger partial charge in [-0.05, 0) is 43.7 Å². The molecule has 3 rings (SSSR count). The Balaban J connectivity index is 1.76. The van der Waals surface area contributed by atoms with Crippen molar-refractivity contribution < 1.29 is 4.74 Å². The molecule has 0 bridgehead atoms. The molecular weight excluding hydrogens is 248 g/mol. The van der Waals surface area contributed by atoms with Crippen LogP contribution >= 0.6 is 0 Å². The minimum atomic E-state index is 0.299. The summed E-state index contributed by atoms with van der Waals surface area (Å²) in [5.41, 5.74) is 2.75. The number of fused-ring (bicyclic) bond motifs is 1. The number of para-hydroxylation sites is 1. The summed E-state index contributed by atoms with van der Waals surface area (Å²) in [6, 6.07) is 9.53. The fraction of sp³-hybridized carbons (Fsp3) is 0.529. The van der Waals surface area contributed by atoms with Gasteiger partial charge in [-0.2, -0.15) is 0 Å². The van der Waals surface area contributed by atoms with E-state index in [0.29, 0.717) is 6.10 Å². The number of hydrogen-bond acceptors (Lipinski definition) is 2. The van der Waals surface area contributed by atoms with Crippen molar-refractivity contribution in [1.82, 2.24) is 9.88 Å². The lowest BCUT2D eigenvalue weighted by molar-refractivity contribution is 0.0733. The first-order valence-electron chi connectivity index (χ1n) is 7.66. The van der Waals surface area contributed by atoms with Crippen molar-refractivity contribution in [1.29, 1.82) is 0 Å². The highest BCUT2D eigenvalue weighted by Crippen LogP contribution is 2.23. The lowest BCUT2D eigenvalue weighted by Gasteiger charge is -2.12. The molecule has 0 radical (unpaired) electrons. The Hall–Kier alpha value is -1.32. The Morgan fingerprint density at radius 2 is 2.15 bits per heavy atom. The van der Waals surface area contributed by atoms with Crippen molar-refractivity contribution in [2.24, 2.45) is 0 Å². The third-order valence-electron chi connectivity index (χ3n) is 3.81. The zero-order valence-corrected chi connectivity index (χ0v) is 12.4. The van der Waals surface area contributed by atoms with Crippen LogP contribution in [0.1, 0.15) is 32.3 Å². The van der Waals surface area contributed by atoms with Crippen LogP contribution in [-0.2, 0) is 17.8 Å². The molecule has 1 aromatic heterocycles. The van der Waals surface area contributed by atoms with E-state index < -0.39 is 0 Å². The smallest absolute Gasteiger partial charge is 0.0649 e. The average Bonchev–Trinajstić information content (AvgIpc) is 3.17. The van der Waals surface area contributed by atoms with E-state index in [-0.39, 0.29) is 0 Å². The third-order valence-corrected chi connectivity index (χ3v) is 3.81. The minimum Gasteiger partial charge on any atom is -0.377 e. The Morgan fingerprint density at radius 1 is 1.30 bits per heavy atom. The third kappa shape index (κ3) is 3.22. The predicted octanol–water partition coefficient (Wildman–Crippen LogP) is 3.32. The van der Waals surface area contributed by atoms with E-state index in [1.807, 2.05) is 0 Å². The zero-order chi connectivity index (χ0) is 13.9. The normalized spacial score (nSPS) is 15.3. The largest absolute Gasteiger partial charge is 0.377 e. The van der Waals surface area contributed by atoms with E-state index in [2.05, 4.69) is 54.2 Å². The van der Waals surface area contributed by atoms with E-state index in [9.17, 15) is 0 Å². The van der Waals surface area contributed by atoms with Crippen LogP contribution in [0.4, 0.5) is 0 Å². The monoisotopic (exact) mass is 272 g/mol. The molecule has 3 heteroatoms. The molecule has 108 valence electrons. The highest BCUT2D eigenvalue weighted by molar-refractivity contribution is 5.83. The molecule has 0 atom stereocenters. The summed E-state index contributed by atoms with van der Waals surface area (Å²) in [6.07, 6.45) is 5.14. The van der Waals surface area contributed by atoms with Crippen LogP contribution in [0.5, 0.6) is 0 Å². The van der Waals surface area contributed by atoms with Gasteiger partial charge in [0.1, 0.15) is 0 Å². The molecule has 1 saturated carbocycles. The van der Waals surface area contributed by atoms with Gasteiger partial charge >= 0.3 is 0 Å². The minimum absolute atomic E-state index is 0.299. The zero-order valence-electron chi connectivity index (χ0n) is 12.4. The number of rotatable bonds is 7. The van der Waals surface area contributed by atoms with Crippen LogP contribution in [0.15, 0.2) is 30.5 Å². The van der Waals surface area contributed by atoms with Crippen molar-refractivity contribution in [3.63, 3.8) is 0 Å². The van der Waals surface area contributed by atoms with Crippen LogP contribution in [0.25, 0.3) is 10.9 Å². The molecule has 20 heavy (non-hydrogen) atoms. The molecule has 1 aliphatic carbocycles. The Bertz CT molecular complexity index is 569. The lowest BCUT2D eigenvalue weighted by Crippen LogP contribution is -2.16. The van der Waals surface area contributed by atoms with Gasteiger partial charge in [0.2, 0.25) is 0 Å². The molecule has 1 N–H and O–H groups in total. The molecule has 0 saturated heterocycles. The molecule has 2 aromatic rings. The maximum atomic E-state index is 5.68.